The number of amides is 3. The Labute approximate surface area is 414 Å². The van der Waals surface area contributed by atoms with Crippen LogP contribution in [0, 0.1) is 33.1 Å². The van der Waals surface area contributed by atoms with Gasteiger partial charge in [0.2, 0.25) is 17.7 Å². The SMILES string of the molecule is Cc1ncsc1-c1ccc(CNC(=O)[C@@H]2C[C@@H](O)CN2C(=O)[C@@H](NC(=O)COCCOCCOCCOC(=O)C[C@@H]2N=C(c3ccc(Cl)cc3)c3c(sc(C)c3C)-n3c(C)nnc32)C(C)(C)C)cc1. The van der Waals surface area contributed by atoms with E-state index in [2.05, 4.69) is 39.7 Å². The van der Waals surface area contributed by atoms with Crippen LogP contribution in [0.2, 0.25) is 5.02 Å². The molecular weight excluding hydrogens is 944 g/mol. The molecule has 0 bridgehead atoms. The van der Waals surface area contributed by atoms with E-state index < -0.39 is 47.4 Å². The van der Waals surface area contributed by atoms with Crippen LogP contribution in [0.1, 0.15) is 84.1 Å². The molecule has 3 aromatic heterocycles. The van der Waals surface area contributed by atoms with Gasteiger partial charge in [-0.05, 0) is 61.9 Å². The molecule has 3 amide bonds. The van der Waals surface area contributed by atoms with Gasteiger partial charge in [-0.3, -0.25) is 28.7 Å². The lowest BCUT2D eigenvalue weighted by Crippen LogP contribution is -2.58. The van der Waals surface area contributed by atoms with E-state index in [-0.39, 0.29) is 78.1 Å². The molecular formula is C49H59ClN8O9S2. The zero-order valence-electron chi connectivity index (χ0n) is 39.9. The van der Waals surface area contributed by atoms with Crippen LogP contribution in [0.4, 0.5) is 0 Å². The maximum Gasteiger partial charge on any atom is 0.308 e. The third-order valence-electron chi connectivity index (χ3n) is 11.9. The van der Waals surface area contributed by atoms with Crippen LogP contribution in [0.5, 0.6) is 0 Å². The Bertz CT molecular complexity index is 2640. The third kappa shape index (κ3) is 12.7. The highest BCUT2D eigenvalue weighted by Gasteiger charge is 2.44. The number of hydrogen-bond acceptors (Lipinski definition) is 15. The van der Waals surface area contributed by atoms with E-state index >= 15 is 0 Å². The van der Waals surface area contributed by atoms with Gasteiger partial charge in [0.05, 0.1) is 67.4 Å². The number of nitrogens with one attached hydrogen (secondary N) is 2. The number of aliphatic hydroxyl groups excluding tert-OH is 1. The lowest BCUT2D eigenvalue weighted by molar-refractivity contribution is -0.145. The Morgan fingerprint density at radius 2 is 1.57 bits per heavy atom. The van der Waals surface area contributed by atoms with Crippen LogP contribution in [0.25, 0.3) is 15.4 Å². The van der Waals surface area contributed by atoms with Gasteiger partial charge >= 0.3 is 5.97 Å². The van der Waals surface area contributed by atoms with Crippen LogP contribution in [0.3, 0.4) is 0 Å². The Morgan fingerprint density at radius 1 is 0.899 bits per heavy atom. The van der Waals surface area contributed by atoms with Crippen LogP contribution in [0.15, 0.2) is 59.0 Å². The standard InChI is InChI=1S/C49H59ClN8O9S2/c1-28-30(3)69-48-41(28)42(33-12-14-35(50)15-13-33)53-37(45-56-55-31(4)58(45)48)23-40(61)67-21-20-65-17-16-64-18-19-66-26-39(60)54-44(49(5,6)7)47(63)57-25-36(59)22-38(57)46(62)51-24-32-8-10-34(11-9-32)43-29(2)52-27-68-43/h8-15,27,36-38,44,59H,16-26H2,1-7H3,(H,51,62)(H,54,60)/t36-,37+,38+,44-/m1/s1. The van der Waals surface area contributed by atoms with Gasteiger partial charge < -0.3 is 39.6 Å². The summed E-state index contributed by atoms with van der Waals surface area (Å²) in [7, 11) is 0. The second-order valence-corrected chi connectivity index (χ2v) is 20.5. The second kappa shape index (κ2) is 23.0. The third-order valence-corrected chi connectivity index (χ3v) is 14.3. The number of fused-ring (bicyclic) bond motifs is 3. The Kier molecular flexibility index (Phi) is 17.2. The van der Waals surface area contributed by atoms with Crippen molar-refractivity contribution < 1.29 is 43.2 Å². The average Bonchev–Trinajstić information content (AvgIpc) is 4.08. The van der Waals surface area contributed by atoms with Crippen LogP contribution in [-0.2, 0) is 44.7 Å². The number of ether oxygens (including phenoxy) is 4. The molecule has 1 saturated heterocycles. The summed E-state index contributed by atoms with van der Waals surface area (Å²) in [6.45, 7) is 14.3. The van der Waals surface area contributed by atoms with Gasteiger partial charge in [-0.15, -0.1) is 32.9 Å². The number of esters is 1. The van der Waals surface area contributed by atoms with Crippen LogP contribution < -0.4 is 10.6 Å². The Morgan fingerprint density at radius 3 is 2.23 bits per heavy atom. The van der Waals surface area contributed by atoms with Gasteiger partial charge in [0.25, 0.3) is 0 Å². The second-order valence-electron chi connectivity index (χ2n) is 18.1. The van der Waals surface area contributed by atoms with Crippen molar-refractivity contribution in [1.29, 1.82) is 0 Å². The normalized spacial score (nSPS) is 17.1. The maximum atomic E-state index is 14.0. The molecule has 7 rings (SSSR count). The first-order valence-corrected chi connectivity index (χ1v) is 24.9. The molecule has 0 aliphatic carbocycles. The zero-order valence-corrected chi connectivity index (χ0v) is 42.3. The summed E-state index contributed by atoms with van der Waals surface area (Å²) in [5, 5.41) is 26.6. The van der Waals surface area contributed by atoms with Gasteiger partial charge in [-0.25, -0.2) is 4.98 Å². The molecule has 2 aliphatic rings. The first kappa shape index (κ1) is 51.4. The number of halogens is 1. The molecule has 368 valence electrons. The van der Waals surface area contributed by atoms with E-state index in [0.29, 0.717) is 16.7 Å². The first-order chi connectivity index (χ1) is 33.0. The monoisotopic (exact) mass is 1000 g/mol. The number of aromatic nitrogens is 4. The van der Waals surface area contributed by atoms with E-state index in [1.54, 1.807) is 28.2 Å². The molecule has 4 atom stereocenters. The molecule has 0 spiro atoms. The molecule has 0 saturated carbocycles. The minimum Gasteiger partial charge on any atom is -0.463 e. The van der Waals surface area contributed by atoms with Crippen molar-refractivity contribution in [2.24, 2.45) is 10.4 Å². The highest BCUT2D eigenvalue weighted by atomic mass is 35.5. The van der Waals surface area contributed by atoms with E-state index in [1.165, 1.54) is 4.90 Å². The number of aliphatic imine (C=N–C) groups is 1. The number of carbonyl (C=O) groups excluding carboxylic acids is 4. The van der Waals surface area contributed by atoms with E-state index in [0.717, 1.165) is 54.0 Å². The average molecular weight is 1000 g/mol. The number of benzene rings is 2. The zero-order chi connectivity index (χ0) is 49.4. The molecule has 5 heterocycles. The van der Waals surface area contributed by atoms with Crippen LogP contribution in [-0.4, -0.2) is 130 Å². The minimum atomic E-state index is -0.989. The summed E-state index contributed by atoms with van der Waals surface area (Å²) in [5.41, 5.74) is 7.66. The number of likely N-dealkylation sites (tertiary alicyclic amines) is 1. The highest BCUT2D eigenvalue weighted by Crippen LogP contribution is 2.40. The lowest BCUT2D eigenvalue weighted by Gasteiger charge is -2.35. The number of carbonyl (C=O) groups is 4. The van der Waals surface area contributed by atoms with Gasteiger partial charge in [0.1, 0.15) is 42.2 Å². The predicted octanol–water partition coefficient (Wildman–Crippen LogP) is 6.02. The number of thiazole rings is 1. The van der Waals surface area contributed by atoms with Gasteiger partial charge in [0, 0.05) is 40.5 Å². The predicted molar refractivity (Wildman–Crippen MR) is 263 cm³/mol. The molecule has 2 aromatic carbocycles. The summed E-state index contributed by atoms with van der Waals surface area (Å²) in [6, 6.07) is 12.8. The van der Waals surface area contributed by atoms with Crippen molar-refractivity contribution in [2.45, 2.75) is 92.1 Å². The molecule has 0 radical (unpaired) electrons. The largest absolute Gasteiger partial charge is 0.463 e. The maximum absolute atomic E-state index is 14.0. The first-order valence-electron chi connectivity index (χ1n) is 22.8. The number of rotatable bonds is 20. The lowest BCUT2D eigenvalue weighted by atomic mass is 9.85. The minimum absolute atomic E-state index is 0.0310. The molecule has 1 fully saturated rings. The fourth-order valence-corrected chi connectivity index (χ4v) is 10.3. The number of nitrogens with zero attached hydrogens (tertiary/aromatic N) is 6. The van der Waals surface area contributed by atoms with E-state index in [1.807, 2.05) is 87.7 Å². The molecule has 2 aliphatic heterocycles. The van der Waals surface area contributed by atoms with Crippen molar-refractivity contribution in [3.8, 4) is 15.4 Å². The smallest absolute Gasteiger partial charge is 0.308 e. The number of hydrogen-bond donors (Lipinski definition) is 3. The molecule has 17 nitrogen and oxygen atoms in total. The van der Waals surface area contributed by atoms with Crippen molar-refractivity contribution in [2.75, 3.05) is 52.8 Å². The van der Waals surface area contributed by atoms with Crippen molar-refractivity contribution in [1.82, 2.24) is 35.3 Å². The quantitative estimate of drug-likeness (QED) is 0.0604. The molecule has 0 unspecified atom stereocenters. The van der Waals surface area contributed by atoms with Crippen LogP contribution >= 0.6 is 34.3 Å². The topological polar surface area (TPSA) is 209 Å². The fraction of sp³-hybridized carbons (Fsp3) is 0.469. The number of thiophene rings is 1. The Balaban J connectivity index is 0.797. The highest BCUT2D eigenvalue weighted by molar-refractivity contribution is 7.15. The Hall–Kier alpha value is -5.41. The summed E-state index contributed by atoms with van der Waals surface area (Å²) in [5.74, 6) is -0.556. The van der Waals surface area contributed by atoms with Crippen molar-refractivity contribution in [3.63, 3.8) is 0 Å². The molecule has 3 N–H and O–H groups in total. The fourth-order valence-electron chi connectivity index (χ4n) is 8.15. The summed E-state index contributed by atoms with van der Waals surface area (Å²) >= 11 is 9.42. The van der Waals surface area contributed by atoms with E-state index in [4.69, 9.17) is 35.5 Å². The number of aliphatic hydroxyl groups is 1. The van der Waals surface area contributed by atoms with Gasteiger partial charge in [-0.1, -0.05) is 68.8 Å². The van der Waals surface area contributed by atoms with Gasteiger partial charge in [-0.2, -0.15) is 0 Å². The van der Waals surface area contributed by atoms with Crippen molar-refractivity contribution in [3.05, 3.63) is 104 Å². The summed E-state index contributed by atoms with van der Waals surface area (Å²) in [6.07, 6.45) is -0.854. The molecule has 5 aromatic rings. The number of aryl methyl sites for hydroxylation is 3. The van der Waals surface area contributed by atoms with E-state index in [9.17, 15) is 24.3 Å². The number of β-amino-alcohol motifs (C(OH)–C–C–N with tert-alkyl or cyclic N) is 1. The van der Waals surface area contributed by atoms with Gasteiger partial charge in [0.15, 0.2) is 5.82 Å². The molecule has 69 heavy (non-hydrogen) atoms. The summed E-state index contributed by atoms with van der Waals surface area (Å²) in [4.78, 5) is 66.6. The summed E-state index contributed by atoms with van der Waals surface area (Å²) < 4.78 is 24.3. The molecule has 20 heteroatoms. The van der Waals surface area contributed by atoms with Crippen molar-refractivity contribution >= 4 is 63.7 Å².